The van der Waals surface area contributed by atoms with E-state index in [1.165, 1.54) is 11.1 Å². The molecule has 0 aromatic heterocycles. The van der Waals surface area contributed by atoms with Crippen LogP contribution in [0.2, 0.25) is 0 Å². The van der Waals surface area contributed by atoms with Crippen molar-refractivity contribution in [3.05, 3.63) is 65.7 Å². The fraction of sp³-hybridized carbons (Fsp3) is 0.455. The van der Waals surface area contributed by atoms with Gasteiger partial charge in [-0.15, -0.1) is 0 Å². The molecule has 3 nitrogen and oxygen atoms in total. The molecule has 3 heteroatoms. The van der Waals surface area contributed by atoms with Gasteiger partial charge in [-0.25, -0.2) is 0 Å². The van der Waals surface area contributed by atoms with Gasteiger partial charge in [0.05, 0.1) is 6.73 Å². The highest BCUT2D eigenvalue weighted by Gasteiger charge is 2.26. The van der Waals surface area contributed by atoms with Gasteiger partial charge in [0.15, 0.2) is 0 Å². The molecule has 0 atom stereocenters. The number of hydrogen-bond donors (Lipinski definition) is 2. The van der Waals surface area contributed by atoms with E-state index >= 15 is 0 Å². The molecule has 0 bridgehead atoms. The number of nitrogens with zero attached hydrogens (tertiary/aromatic N) is 1. The van der Waals surface area contributed by atoms with E-state index in [9.17, 15) is 10.2 Å². The number of benzene rings is 2. The number of hydrogen-bond acceptors (Lipinski definition) is 3. The first-order valence-electron chi connectivity index (χ1n) is 9.44. The number of phenolic OH excluding ortho intramolecular Hbond substituents is 1. The zero-order chi connectivity index (χ0) is 17.5. The Morgan fingerprint density at radius 3 is 2.20 bits per heavy atom. The summed E-state index contributed by atoms with van der Waals surface area (Å²) in [5.74, 6) is 0.920. The fourth-order valence-corrected chi connectivity index (χ4v) is 4.02. The third-order valence-corrected chi connectivity index (χ3v) is 5.51. The Labute approximate surface area is 150 Å². The molecule has 25 heavy (non-hydrogen) atoms. The maximum absolute atomic E-state index is 9.79. The molecule has 1 saturated carbocycles. The van der Waals surface area contributed by atoms with Crippen LogP contribution in [0.25, 0.3) is 0 Å². The van der Waals surface area contributed by atoms with Crippen molar-refractivity contribution in [2.24, 2.45) is 0 Å². The highest BCUT2D eigenvalue weighted by atomic mass is 16.3. The van der Waals surface area contributed by atoms with Gasteiger partial charge in [-0.2, -0.15) is 0 Å². The minimum absolute atomic E-state index is 0.156. The molecular formula is C22H29NO2. The van der Waals surface area contributed by atoms with E-state index in [-0.39, 0.29) is 6.73 Å². The van der Waals surface area contributed by atoms with Crippen molar-refractivity contribution in [3.63, 3.8) is 0 Å². The molecule has 0 radical (unpaired) electrons. The molecule has 1 aliphatic carbocycles. The van der Waals surface area contributed by atoms with Crippen LogP contribution in [-0.4, -0.2) is 34.4 Å². The number of aliphatic hydroxyl groups excluding tert-OH is 1. The Morgan fingerprint density at radius 1 is 0.880 bits per heavy atom. The lowest BCUT2D eigenvalue weighted by atomic mass is 9.81. The molecule has 0 heterocycles. The standard InChI is InChI=1S/C22H29NO2/c24-17-23(16-4-7-18-5-2-1-3-6-18)21-12-8-19(9-13-21)20-10-14-22(25)15-11-20/h1-3,5-6,10-11,14-15,19,21,24-25H,4,7-9,12-13,16-17H2. The van der Waals surface area contributed by atoms with Crippen molar-refractivity contribution in [2.45, 2.75) is 50.5 Å². The van der Waals surface area contributed by atoms with E-state index in [0.717, 1.165) is 45.1 Å². The minimum atomic E-state index is 0.156. The lowest BCUT2D eigenvalue weighted by Crippen LogP contribution is -2.39. The molecular weight excluding hydrogens is 310 g/mol. The lowest BCUT2D eigenvalue weighted by Gasteiger charge is -2.36. The summed E-state index contributed by atoms with van der Waals surface area (Å²) in [6, 6.07) is 18.7. The van der Waals surface area contributed by atoms with Gasteiger partial charge in [-0.05, 0) is 67.7 Å². The van der Waals surface area contributed by atoms with Crippen LogP contribution in [0, 0.1) is 0 Å². The van der Waals surface area contributed by atoms with Crippen molar-refractivity contribution in [3.8, 4) is 5.75 Å². The Hall–Kier alpha value is -1.84. The zero-order valence-corrected chi connectivity index (χ0v) is 14.8. The summed E-state index contributed by atoms with van der Waals surface area (Å²) >= 11 is 0. The molecule has 2 aromatic carbocycles. The zero-order valence-electron chi connectivity index (χ0n) is 14.8. The molecule has 3 rings (SSSR count). The van der Waals surface area contributed by atoms with E-state index in [2.05, 4.69) is 35.2 Å². The first-order valence-corrected chi connectivity index (χ1v) is 9.44. The highest BCUT2D eigenvalue weighted by Crippen LogP contribution is 2.35. The summed E-state index contributed by atoms with van der Waals surface area (Å²) in [6.07, 6.45) is 6.74. The molecule has 0 unspecified atom stereocenters. The van der Waals surface area contributed by atoms with Crippen LogP contribution in [-0.2, 0) is 6.42 Å². The van der Waals surface area contributed by atoms with Crippen molar-refractivity contribution < 1.29 is 10.2 Å². The SMILES string of the molecule is OCN(CCCc1ccccc1)C1CCC(c2ccc(O)cc2)CC1. The van der Waals surface area contributed by atoms with E-state index in [1.807, 2.05) is 12.1 Å². The summed E-state index contributed by atoms with van der Waals surface area (Å²) in [4.78, 5) is 2.25. The normalized spacial score (nSPS) is 20.7. The molecule has 0 saturated heterocycles. The number of phenols is 1. The molecule has 1 aliphatic rings. The predicted molar refractivity (Wildman–Crippen MR) is 102 cm³/mol. The van der Waals surface area contributed by atoms with Gasteiger partial charge in [-0.1, -0.05) is 42.5 Å². The van der Waals surface area contributed by atoms with E-state index in [4.69, 9.17) is 0 Å². The monoisotopic (exact) mass is 339 g/mol. The van der Waals surface area contributed by atoms with Crippen LogP contribution < -0.4 is 0 Å². The van der Waals surface area contributed by atoms with Gasteiger partial charge in [0.25, 0.3) is 0 Å². The topological polar surface area (TPSA) is 43.7 Å². The van der Waals surface area contributed by atoms with Crippen LogP contribution in [0.5, 0.6) is 5.75 Å². The average Bonchev–Trinajstić information content (AvgIpc) is 2.67. The summed E-state index contributed by atoms with van der Waals surface area (Å²) in [5, 5.41) is 19.2. The first kappa shape index (κ1) is 18.0. The quantitative estimate of drug-likeness (QED) is 0.739. The van der Waals surface area contributed by atoms with E-state index < -0.39 is 0 Å². The van der Waals surface area contributed by atoms with Gasteiger partial charge in [0.1, 0.15) is 5.75 Å². The van der Waals surface area contributed by atoms with E-state index in [1.54, 1.807) is 12.1 Å². The maximum atomic E-state index is 9.79. The average molecular weight is 339 g/mol. The summed E-state index contributed by atoms with van der Waals surface area (Å²) < 4.78 is 0. The summed E-state index contributed by atoms with van der Waals surface area (Å²) in [7, 11) is 0. The largest absolute Gasteiger partial charge is 0.508 e. The molecule has 1 fully saturated rings. The van der Waals surface area contributed by atoms with Gasteiger partial charge in [-0.3, -0.25) is 4.90 Å². The number of rotatable bonds is 7. The molecule has 0 amide bonds. The smallest absolute Gasteiger partial charge is 0.115 e. The first-order chi connectivity index (χ1) is 12.3. The predicted octanol–water partition coefficient (Wildman–Crippen LogP) is 4.30. The van der Waals surface area contributed by atoms with Crippen molar-refractivity contribution in [1.29, 1.82) is 0 Å². The Bertz CT molecular complexity index is 618. The number of aromatic hydroxyl groups is 1. The van der Waals surface area contributed by atoms with Crippen LogP contribution in [0.1, 0.15) is 49.1 Å². The van der Waals surface area contributed by atoms with Crippen molar-refractivity contribution in [1.82, 2.24) is 4.90 Å². The van der Waals surface area contributed by atoms with Gasteiger partial charge in [0.2, 0.25) is 0 Å². The minimum Gasteiger partial charge on any atom is -0.508 e. The van der Waals surface area contributed by atoms with Crippen molar-refractivity contribution >= 4 is 0 Å². The highest BCUT2D eigenvalue weighted by molar-refractivity contribution is 5.28. The number of aryl methyl sites for hydroxylation is 1. The Kier molecular flexibility index (Phi) is 6.48. The molecule has 134 valence electrons. The van der Waals surface area contributed by atoms with E-state index in [0.29, 0.717) is 17.7 Å². The molecule has 0 aliphatic heterocycles. The lowest BCUT2D eigenvalue weighted by molar-refractivity contribution is 0.0480. The van der Waals surface area contributed by atoms with Gasteiger partial charge >= 0.3 is 0 Å². The Balaban J connectivity index is 1.46. The van der Waals surface area contributed by atoms with Crippen LogP contribution in [0.4, 0.5) is 0 Å². The van der Waals surface area contributed by atoms with Crippen LogP contribution in [0.3, 0.4) is 0 Å². The number of aliphatic hydroxyl groups is 1. The summed E-state index contributed by atoms with van der Waals surface area (Å²) in [6.45, 7) is 1.11. The van der Waals surface area contributed by atoms with Crippen LogP contribution >= 0.6 is 0 Å². The second kappa shape index (κ2) is 9.02. The summed E-state index contributed by atoms with van der Waals surface area (Å²) in [5.41, 5.74) is 2.70. The molecule has 0 spiro atoms. The third kappa shape index (κ3) is 5.07. The third-order valence-electron chi connectivity index (χ3n) is 5.51. The van der Waals surface area contributed by atoms with Crippen molar-refractivity contribution in [2.75, 3.05) is 13.3 Å². The Morgan fingerprint density at radius 2 is 1.56 bits per heavy atom. The second-order valence-electron chi connectivity index (χ2n) is 7.14. The van der Waals surface area contributed by atoms with Gasteiger partial charge < -0.3 is 10.2 Å². The maximum Gasteiger partial charge on any atom is 0.115 e. The van der Waals surface area contributed by atoms with Crippen LogP contribution in [0.15, 0.2) is 54.6 Å². The second-order valence-corrected chi connectivity index (χ2v) is 7.14. The molecule has 2 aromatic rings. The fourth-order valence-electron chi connectivity index (χ4n) is 4.02. The molecule has 2 N–H and O–H groups in total. The van der Waals surface area contributed by atoms with Gasteiger partial charge in [0, 0.05) is 12.6 Å².